The van der Waals surface area contributed by atoms with Crippen molar-refractivity contribution in [2.45, 2.75) is 13.1 Å². The molecule has 2 rings (SSSR count). The van der Waals surface area contributed by atoms with Crippen LogP contribution in [-0.4, -0.2) is 49.4 Å². The number of methoxy groups -OCH3 is 2. The van der Waals surface area contributed by atoms with Crippen LogP contribution in [0.5, 0.6) is 0 Å². The van der Waals surface area contributed by atoms with Crippen LogP contribution in [-0.2, 0) is 27.4 Å². The standard InChI is InChI=1S/C18H24N2O3/c1-22-12-11-19(15-18(21)23-2)14-17-9-6-10-20(17)13-16-7-4-3-5-8-16/h3-10H,11-15H2,1-2H3. The van der Waals surface area contributed by atoms with E-state index in [1.165, 1.54) is 12.7 Å². The van der Waals surface area contributed by atoms with Crippen molar-refractivity contribution in [1.29, 1.82) is 0 Å². The molecule has 0 fully saturated rings. The molecule has 0 amide bonds. The van der Waals surface area contributed by atoms with Gasteiger partial charge in [-0.2, -0.15) is 0 Å². The summed E-state index contributed by atoms with van der Waals surface area (Å²) in [7, 11) is 3.07. The summed E-state index contributed by atoms with van der Waals surface area (Å²) in [6, 6.07) is 14.4. The van der Waals surface area contributed by atoms with Gasteiger partial charge in [0.15, 0.2) is 0 Å². The van der Waals surface area contributed by atoms with Gasteiger partial charge < -0.3 is 14.0 Å². The minimum atomic E-state index is -0.234. The highest BCUT2D eigenvalue weighted by Gasteiger charge is 2.13. The first-order valence-corrected chi connectivity index (χ1v) is 7.69. The molecule has 1 aromatic heterocycles. The van der Waals surface area contributed by atoms with Gasteiger partial charge in [0.1, 0.15) is 0 Å². The van der Waals surface area contributed by atoms with Crippen LogP contribution in [0.25, 0.3) is 0 Å². The van der Waals surface area contributed by atoms with E-state index in [0.717, 1.165) is 12.2 Å². The Morgan fingerprint density at radius 3 is 2.61 bits per heavy atom. The number of aromatic nitrogens is 1. The highest BCUT2D eigenvalue weighted by Crippen LogP contribution is 2.10. The second kappa shape index (κ2) is 9.12. The lowest BCUT2D eigenvalue weighted by Gasteiger charge is -2.21. The van der Waals surface area contributed by atoms with E-state index in [0.29, 0.717) is 19.7 Å². The minimum Gasteiger partial charge on any atom is -0.468 e. The molecule has 0 spiro atoms. The zero-order chi connectivity index (χ0) is 16.5. The molecule has 5 nitrogen and oxygen atoms in total. The molecule has 0 aliphatic carbocycles. The first kappa shape index (κ1) is 17.2. The molecule has 5 heteroatoms. The highest BCUT2D eigenvalue weighted by atomic mass is 16.5. The molecular formula is C18H24N2O3. The molecule has 0 N–H and O–H groups in total. The topological polar surface area (TPSA) is 43.7 Å². The smallest absolute Gasteiger partial charge is 0.319 e. The van der Waals surface area contributed by atoms with Crippen molar-refractivity contribution in [3.63, 3.8) is 0 Å². The third-order valence-electron chi connectivity index (χ3n) is 3.70. The number of carbonyl (C=O) groups excluding carboxylic acids is 1. The lowest BCUT2D eigenvalue weighted by molar-refractivity contribution is -0.142. The number of carbonyl (C=O) groups is 1. The Kier molecular flexibility index (Phi) is 6.84. The lowest BCUT2D eigenvalue weighted by atomic mass is 10.2. The average Bonchev–Trinajstić information content (AvgIpc) is 3.00. The maximum Gasteiger partial charge on any atom is 0.319 e. The van der Waals surface area contributed by atoms with Crippen molar-refractivity contribution >= 4 is 5.97 Å². The molecule has 0 saturated carbocycles. The third-order valence-corrected chi connectivity index (χ3v) is 3.70. The predicted octanol–water partition coefficient (Wildman–Crippen LogP) is 2.16. The minimum absolute atomic E-state index is 0.234. The van der Waals surface area contributed by atoms with Gasteiger partial charge in [0, 0.05) is 38.6 Å². The molecule has 2 aromatic rings. The molecule has 1 heterocycles. The summed E-state index contributed by atoms with van der Waals surface area (Å²) in [5, 5.41) is 0. The van der Waals surface area contributed by atoms with Crippen molar-refractivity contribution < 1.29 is 14.3 Å². The van der Waals surface area contributed by atoms with E-state index in [4.69, 9.17) is 9.47 Å². The summed E-state index contributed by atoms with van der Waals surface area (Å²) in [5.41, 5.74) is 2.41. The number of hydrogen-bond acceptors (Lipinski definition) is 4. The van der Waals surface area contributed by atoms with Crippen LogP contribution in [0.3, 0.4) is 0 Å². The second-order valence-electron chi connectivity index (χ2n) is 5.39. The number of esters is 1. The first-order valence-electron chi connectivity index (χ1n) is 7.69. The van der Waals surface area contributed by atoms with Gasteiger partial charge in [-0.15, -0.1) is 0 Å². The fourth-order valence-electron chi connectivity index (χ4n) is 2.44. The summed E-state index contributed by atoms with van der Waals surface area (Å²) in [6.07, 6.45) is 2.06. The normalized spacial score (nSPS) is 10.9. The van der Waals surface area contributed by atoms with E-state index in [9.17, 15) is 4.79 Å². The van der Waals surface area contributed by atoms with E-state index in [-0.39, 0.29) is 12.5 Å². The SMILES string of the molecule is COCCN(CC(=O)OC)Cc1cccn1Cc1ccccc1. The van der Waals surface area contributed by atoms with E-state index >= 15 is 0 Å². The van der Waals surface area contributed by atoms with Crippen molar-refractivity contribution in [3.8, 4) is 0 Å². The molecular weight excluding hydrogens is 292 g/mol. The maximum absolute atomic E-state index is 11.6. The van der Waals surface area contributed by atoms with E-state index in [2.05, 4.69) is 29.0 Å². The number of ether oxygens (including phenoxy) is 2. The molecule has 0 unspecified atom stereocenters. The predicted molar refractivity (Wildman–Crippen MR) is 89.1 cm³/mol. The molecule has 0 saturated heterocycles. The zero-order valence-corrected chi connectivity index (χ0v) is 13.8. The van der Waals surface area contributed by atoms with Crippen LogP contribution in [0.2, 0.25) is 0 Å². The van der Waals surface area contributed by atoms with Gasteiger partial charge in [-0.1, -0.05) is 30.3 Å². The summed E-state index contributed by atoms with van der Waals surface area (Å²) in [6.45, 7) is 3.02. The maximum atomic E-state index is 11.6. The first-order chi connectivity index (χ1) is 11.2. The second-order valence-corrected chi connectivity index (χ2v) is 5.39. The summed E-state index contributed by atoms with van der Waals surface area (Å²) < 4.78 is 12.1. The molecule has 23 heavy (non-hydrogen) atoms. The van der Waals surface area contributed by atoms with Gasteiger partial charge in [-0.05, 0) is 17.7 Å². The van der Waals surface area contributed by atoms with E-state index in [1.54, 1.807) is 7.11 Å². The van der Waals surface area contributed by atoms with Crippen molar-refractivity contribution in [2.24, 2.45) is 0 Å². The fraction of sp³-hybridized carbons (Fsp3) is 0.389. The van der Waals surface area contributed by atoms with E-state index < -0.39 is 0 Å². The monoisotopic (exact) mass is 316 g/mol. The summed E-state index contributed by atoms with van der Waals surface area (Å²) in [5.74, 6) is -0.234. The Morgan fingerprint density at radius 1 is 1.13 bits per heavy atom. The van der Waals surface area contributed by atoms with Crippen LogP contribution in [0.1, 0.15) is 11.3 Å². The number of nitrogens with zero attached hydrogens (tertiary/aromatic N) is 2. The zero-order valence-electron chi connectivity index (χ0n) is 13.8. The number of hydrogen-bond donors (Lipinski definition) is 0. The molecule has 0 aliphatic rings. The highest BCUT2D eigenvalue weighted by molar-refractivity contribution is 5.71. The van der Waals surface area contributed by atoms with Gasteiger partial charge in [0.2, 0.25) is 0 Å². The molecule has 0 atom stereocenters. The summed E-state index contributed by atoms with van der Waals surface area (Å²) >= 11 is 0. The number of benzene rings is 1. The Labute approximate surface area is 137 Å². The van der Waals surface area contributed by atoms with Crippen LogP contribution in [0.4, 0.5) is 0 Å². The van der Waals surface area contributed by atoms with Crippen LogP contribution >= 0.6 is 0 Å². The molecule has 124 valence electrons. The van der Waals surface area contributed by atoms with Crippen molar-refractivity contribution in [1.82, 2.24) is 9.47 Å². The summed E-state index contributed by atoms with van der Waals surface area (Å²) in [4.78, 5) is 13.6. The third kappa shape index (κ3) is 5.54. The van der Waals surface area contributed by atoms with Gasteiger partial charge in [-0.3, -0.25) is 9.69 Å². The quantitative estimate of drug-likeness (QED) is 0.665. The van der Waals surface area contributed by atoms with Crippen LogP contribution in [0, 0.1) is 0 Å². The van der Waals surface area contributed by atoms with Gasteiger partial charge >= 0.3 is 5.97 Å². The van der Waals surface area contributed by atoms with E-state index in [1.807, 2.05) is 29.2 Å². The molecule has 0 aliphatic heterocycles. The van der Waals surface area contributed by atoms with Crippen LogP contribution in [0.15, 0.2) is 48.7 Å². The Hall–Kier alpha value is -2.11. The van der Waals surface area contributed by atoms with Gasteiger partial charge in [-0.25, -0.2) is 0 Å². The molecule has 0 radical (unpaired) electrons. The fourth-order valence-corrected chi connectivity index (χ4v) is 2.44. The Bertz CT molecular complexity index is 595. The van der Waals surface area contributed by atoms with Crippen molar-refractivity contribution in [2.75, 3.05) is 33.9 Å². The molecule has 0 bridgehead atoms. The number of rotatable bonds is 9. The lowest BCUT2D eigenvalue weighted by Crippen LogP contribution is -2.33. The molecule has 1 aromatic carbocycles. The van der Waals surface area contributed by atoms with Crippen molar-refractivity contribution in [3.05, 3.63) is 59.9 Å². The Balaban J connectivity index is 2.04. The van der Waals surface area contributed by atoms with Crippen LogP contribution < -0.4 is 0 Å². The average molecular weight is 316 g/mol. The largest absolute Gasteiger partial charge is 0.468 e. The Morgan fingerprint density at radius 2 is 1.91 bits per heavy atom. The van der Waals surface area contributed by atoms with Gasteiger partial charge in [0.05, 0.1) is 20.3 Å². The van der Waals surface area contributed by atoms with Gasteiger partial charge in [0.25, 0.3) is 0 Å².